The van der Waals surface area contributed by atoms with Crippen molar-refractivity contribution in [1.29, 1.82) is 0 Å². The lowest BCUT2D eigenvalue weighted by Gasteiger charge is -2.19. The van der Waals surface area contributed by atoms with E-state index in [1.54, 1.807) is 42.2 Å². The topological polar surface area (TPSA) is 102 Å². The van der Waals surface area contributed by atoms with Crippen molar-refractivity contribution >= 4 is 35.6 Å². The van der Waals surface area contributed by atoms with Gasteiger partial charge in [-0.05, 0) is 52.2 Å². The van der Waals surface area contributed by atoms with Crippen molar-refractivity contribution < 1.29 is 28.5 Å². The molecule has 0 aliphatic carbocycles. The molecule has 2 atom stereocenters. The number of fused-ring (bicyclic) bond motifs is 4. The van der Waals surface area contributed by atoms with Crippen molar-refractivity contribution in [2.45, 2.75) is 71.9 Å². The van der Waals surface area contributed by atoms with Gasteiger partial charge in [0.15, 0.2) is 23.0 Å². The highest BCUT2D eigenvalue weighted by molar-refractivity contribution is 6.05. The molecule has 4 aliphatic rings. The summed E-state index contributed by atoms with van der Waals surface area (Å²) < 4.78 is 22.1. The second kappa shape index (κ2) is 14.0. The third-order valence-electron chi connectivity index (χ3n) is 8.07. The van der Waals surface area contributed by atoms with Crippen LogP contribution in [-0.4, -0.2) is 73.6 Å². The molecular formula is C35H42N4O6. The van der Waals surface area contributed by atoms with Gasteiger partial charge in [0.1, 0.15) is 0 Å². The van der Waals surface area contributed by atoms with Crippen LogP contribution in [-0.2, 0) is 0 Å². The van der Waals surface area contributed by atoms with Gasteiger partial charge in [-0.2, -0.15) is 0 Å². The van der Waals surface area contributed by atoms with Crippen LogP contribution < -0.4 is 18.9 Å². The van der Waals surface area contributed by atoms with Crippen LogP contribution >= 0.6 is 0 Å². The van der Waals surface area contributed by atoms with Crippen molar-refractivity contribution in [3.05, 3.63) is 58.9 Å². The first-order chi connectivity index (χ1) is 21.8. The predicted octanol–water partition coefficient (Wildman–Crippen LogP) is 7.03. The second-order valence-corrected chi connectivity index (χ2v) is 11.5. The number of amides is 2. The van der Waals surface area contributed by atoms with Crippen LogP contribution in [0.3, 0.4) is 0 Å². The highest BCUT2D eigenvalue weighted by Gasteiger charge is 2.33. The molecule has 0 saturated heterocycles. The van der Waals surface area contributed by atoms with Gasteiger partial charge < -0.3 is 28.7 Å². The quantitative estimate of drug-likeness (QED) is 0.281. The molecule has 0 fully saturated rings. The van der Waals surface area contributed by atoms with Crippen LogP contribution in [0.1, 0.15) is 80.5 Å². The van der Waals surface area contributed by atoms with Crippen LogP contribution in [0.4, 0.5) is 11.4 Å². The molecule has 2 aromatic rings. The van der Waals surface area contributed by atoms with E-state index in [0.717, 1.165) is 32.1 Å². The maximum absolute atomic E-state index is 12.8. The van der Waals surface area contributed by atoms with E-state index in [0.29, 0.717) is 58.7 Å². The average molecular weight is 615 g/mol. The summed E-state index contributed by atoms with van der Waals surface area (Å²) in [7, 11) is 3.16. The third kappa shape index (κ3) is 6.74. The summed E-state index contributed by atoms with van der Waals surface area (Å²) in [6.07, 6.45) is 12.4. The van der Waals surface area contributed by atoms with Crippen molar-refractivity contribution in [3.63, 3.8) is 0 Å². The molecular weight excluding hydrogens is 572 g/mol. The summed E-state index contributed by atoms with van der Waals surface area (Å²) in [5.41, 5.74) is 4.74. The monoisotopic (exact) mass is 614 g/mol. The minimum atomic E-state index is -0.0503. The molecule has 0 bridgehead atoms. The van der Waals surface area contributed by atoms with E-state index in [4.69, 9.17) is 18.9 Å². The Kier molecular flexibility index (Phi) is 9.90. The number of hydrogen-bond donors (Lipinski definition) is 0. The fourth-order valence-corrected chi connectivity index (χ4v) is 5.80. The van der Waals surface area contributed by atoms with Gasteiger partial charge in [-0.15, -0.1) is 0 Å². The minimum absolute atomic E-state index is 0.00446. The minimum Gasteiger partial charge on any atom is -0.493 e. The summed E-state index contributed by atoms with van der Waals surface area (Å²) in [5, 5.41) is 0. The zero-order valence-electron chi connectivity index (χ0n) is 27.0. The lowest BCUT2D eigenvalue weighted by atomic mass is 10.1. The van der Waals surface area contributed by atoms with Gasteiger partial charge in [0.05, 0.1) is 62.0 Å². The smallest absolute Gasteiger partial charge is 0.260 e. The molecule has 10 nitrogen and oxygen atoms in total. The third-order valence-corrected chi connectivity index (χ3v) is 8.07. The Balaban J connectivity index is 0.000000179. The summed E-state index contributed by atoms with van der Waals surface area (Å²) in [4.78, 5) is 38.1. The summed E-state index contributed by atoms with van der Waals surface area (Å²) in [5.74, 6) is 2.29. The molecule has 0 saturated carbocycles. The van der Waals surface area contributed by atoms with Gasteiger partial charge in [0.25, 0.3) is 11.8 Å². The van der Waals surface area contributed by atoms with E-state index in [1.807, 2.05) is 51.7 Å². The lowest BCUT2D eigenvalue weighted by Crippen LogP contribution is -2.32. The number of unbranched alkanes of at least 4 members (excludes halogenated alkanes) is 2. The molecule has 6 rings (SSSR count). The molecule has 45 heavy (non-hydrogen) atoms. The summed E-state index contributed by atoms with van der Waals surface area (Å²) in [6.45, 7) is 9.29. The van der Waals surface area contributed by atoms with E-state index in [2.05, 4.69) is 16.9 Å². The molecule has 0 aromatic heterocycles. The number of rotatable bonds is 9. The Labute approximate surface area is 265 Å². The normalized spacial score (nSPS) is 19.2. The van der Waals surface area contributed by atoms with Crippen molar-refractivity contribution in [1.82, 2.24) is 9.80 Å². The van der Waals surface area contributed by atoms with Gasteiger partial charge in [-0.3, -0.25) is 19.6 Å². The highest BCUT2D eigenvalue weighted by atomic mass is 16.5. The number of carbonyl (C=O) groups excluding carboxylic acids is 2. The fraction of sp³-hybridized carbons (Fsp3) is 0.429. The first kappa shape index (κ1) is 31.8. The molecule has 2 amide bonds. The SMILES string of the molecule is CCCCCOc1cc2c(cc1OC)C(=O)N1C=C(C)C[C@H]1C=N2.CCOc1cc2c(cc1OC)C(=O)N1C=C(C)C[C@H]1C=N2. The molecule has 0 N–H and O–H groups in total. The summed E-state index contributed by atoms with van der Waals surface area (Å²) >= 11 is 0. The molecule has 2 aromatic carbocycles. The van der Waals surface area contributed by atoms with E-state index < -0.39 is 0 Å². The Hall–Kier alpha value is -4.60. The standard InChI is InChI=1S/C19H24N2O3.C16H18N2O3/c1-4-5-6-7-24-18-10-16-15(9-17(18)23-3)19(22)21-12-13(2)8-14(21)11-20-16;1-4-21-15-7-13-12(6-14(15)20-3)16(19)18-9-10(2)5-11(18)8-17-13/h9-12,14H,4-8H2,1-3H3;6-9,11H,4-5H2,1-3H3/t14-;11-/m00/s1. The van der Waals surface area contributed by atoms with Crippen LogP contribution in [0, 0.1) is 0 Å². The molecule has 0 radical (unpaired) electrons. The maximum atomic E-state index is 12.8. The maximum Gasteiger partial charge on any atom is 0.260 e. The van der Waals surface area contributed by atoms with Crippen molar-refractivity contribution in [2.24, 2.45) is 9.98 Å². The molecule has 4 aliphatic heterocycles. The van der Waals surface area contributed by atoms with E-state index in [-0.39, 0.29) is 23.9 Å². The number of aliphatic imine (C=N–C) groups is 2. The molecule has 4 heterocycles. The average Bonchev–Trinajstić information content (AvgIpc) is 3.55. The number of nitrogens with zero attached hydrogens (tertiary/aromatic N) is 4. The van der Waals surface area contributed by atoms with E-state index >= 15 is 0 Å². The van der Waals surface area contributed by atoms with Gasteiger partial charge in [0, 0.05) is 37.0 Å². The number of methoxy groups -OCH3 is 2. The fourth-order valence-electron chi connectivity index (χ4n) is 5.80. The zero-order valence-corrected chi connectivity index (χ0v) is 27.0. The predicted molar refractivity (Wildman–Crippen MR) is 175 cm³/mol. The number of benzene rings is 2. The largest absolute Gasteiger partial charge is 0.493 e. The first-order valence-electron chi connectivity index (χ1n) is 15.6. The Morgan fingerprint density at radius 3 is 1.64 bits per heavy atom. The van der Waals surface area contributed by atoms with Crippen LogP contribution in [0.2, 0.25) is 0 Å². The highest BCUT2D eigenvalue weighted by Crippen LogP contribution is 2.40. The molecule has 10 heteroatoms. The van der Waals surface area contributed by atoms with E-state index in [1.165, 1.54) is 11.1 Å². The Morgan fingerprint density at radius 1 is 0.711 bits per heavy atom. The van der Waals surface area contributed by atoms with Crippen LogP contribution in [0.15, 0.2) is 57.8 Å². The summed E-state index contributed by atoms with van der Waals surface area (Å²) in [6, 6.07) is 7.05. The molecule has 0 unspecified atom stereocenters. The molecule has 0 spiro atoms. The van der Waals surface area contributed by atoms with Crippen LogP contribution in [0.25, 0.3) is 0 Å². The van der Waals surface area contributed by atoms with Gasteiger partial charge in [-0.25, -0.2) is 0 Å². The second-order valence-electron chi connectivity index (χ2n) is 11.5. The van der Waals surface area contributed by atoms with Gasteiger partial charge in [-0.1, -0.05) is 30.9 Å². The van der Waals surface area contributed by atoms with Gasteiger partial charge >= 0.3 is 0 Å². The Bertz CT molecular complexity index is 1580. The van der Waals surface area contributed by atoms with Crippen molar-refractivity contribution in [2.75, 3.05) is 27.4 Å². The number of hydrogen-bond acceptors (Lipinski definition) is 8. The van der Waals surface area contributed by atoms with E-state index in [9.17, 15) is 9.59 Å². The first-order valence-corrected chi connectivity index (χ1v) is 15.6. The van der Waals surface area contributed by atoms with Crippen LogP contribution in [0.5, 0.6) is 23.0 Å². The lowest BCUT2D eigenvalue weighted by molar-refractivity contribution is 0.0809. The Morgan fingerprint density at radius 2 is 1.20 bits per heavy atom. The van der Waals surface area contributed by atoms with Gasteiger partial charge in [0.2, 0.25) is 0 Å². The molecule has 238 valence electrons. The number of carbonyl (C=O) groups is 2. The van der Waals surface area contributed by atoms with Crippen molar-refractivity contribution in [3.8, 4) is 23.0 Å². The number of ether oxygens (including phenoxy) is 4. The zero-order chi connectivity index (χ0) is 32.1.